The van der Waals surface area contributed by atoms with Crippen molar-refractivity contribution >= 4 is 23.4 Å². The third kappa shape index (κ3) is 2.91. The SMILES string of the molecule is O=C1CCCN1c1ccnc(N2CCN(c3ccccc3)CC2)n1. The molecule has 24 heavy (non-hydrogen) atoms. The highest BCUT2D eigenvalue weighted by molar-refractivity contribution is 5.94. The van der Waals surface area contributed by atoms with Crippen LogP contribution < -0.4 is 14.7 Å². The number of carbonyl (C=O) groups is 1. The summed E-state index contributed by atoms with van der Waals surface area (Å²) >= 11 is 0. The van der Waals surface area contributed by atoms with Crippen molar-refractivity contribution in [2.24, 2.45) is 0 Å². The van der Waals surface area contributed by atoms with Crippen LogP contribution in [0.4, 0.5) is 17.5 Å². The molecular formula is C18H21N5O. The van der Waals surface area contributed by atoms with Crippen LogP contribution in [0.5, 0.6) is 0 Å². The minimum absolute atomic E-state index is 0.161. The summed E-state index contributed by atoms with van der Waals surface area (Å²) in [5.41, 5.74) is 1.26. The van der Waals surface area contributed by atoms with Crippen LogP contribution in [0.3, 0.4) is 0 Å². The Labute approximate surface area is 141 Å². The molecule has 0 atom stereocenters. The molecule has 6 nitrogen and oxygen atoms in total. The predicted octanol–water partition coefficient (Wildman–Crippen LogP) is 1.93. The lowest BCUT2D eigenvalue weighted by atomic mass is 10.2. The first kappa shape index (κ1) is 14.9. The first-order chi connectivity index (χ1) is 11.8. The molecule has 0 N–H and O–H groups in total. The molecule has 2 aromatic rings. The van der Waals surface area contributed by atoms with E-state index in [4.69, 9.17) is 0 Å². The fourth-order valence-corrected chi connectivity index (χ4v) is 3.34. The van der Waals surface area contributed by atoms with Crippen LogP contribution in [0.15, 0.2) is 42.6 Å². The average Bonchev–Trinajstić information content (AvgIpc) is 3.09. The normalized spacial score (nSPS) is 18.3. The van der Waals surface area contributed by atoms with Crippen LogP contribution >= 0.6 is 0 Å². The Balaban J connectivity index is 1.45. The molecule has 0 aliphatic carbocycles. The maximum absolute atomic E-state index is 11.9. The Morgan fingerprint density at radius 1 is 0.875 bits per heavy atom. The number of aromatic nitrogens is 2. The standard InChI is InChI=1S/C18H21N5O/c24-17-7-4-10-23(17)16-8-9-19-18(20-16)22-13-11-21(12-14-22)15-5-2-1-3-6-15/h1-3,5-6,8-9H,4,7,10-14H2. The summed E-state index contributed by atoms with van der Waals surface area (Å²) in [5, 5.41) is 0. The number of piperazine rings is 1. The molecule has 0 unspecified atom stereocenters. The molecule has 124 valence electrons. The van der Waals surface area contributed by atoms with E-state index < -0.39 is 0 Å². The fourth-order valence-electron chi connectivity index (χ4n) is 3.34. The molecule has 4 rings (SSSR count). The summed E-state index contributed by atoms with van der Waals surface area (Å²) in [6, 6.07) is 12.3. The number of amides is 1. The monoisotopic (exact) mass is 323 g/mol. The maximum Gasteiger partial charge on any atom is 0.228 e. The molecule has 2 saturated heterocycles. The smallest absolute Gasteiger partial charge is 0.228 e. The molecule has 3 heterocycles. The summed E-state index contributed by atoms with van der Waals surface area (Å²) in [6.45, 7) is 4.41. The Hall–Kier alpha value is -2.63. The number of rotatable bonds is 3. The van der Waals surface area contributed by atoms with Gasteiger partial charge in [0.1, 0.15) is 5.82 Å². The molecule has 0 bridgehead atoms. The van der Waals surface area contributed by atoms with Crippen molar-refractivity contribution < 1.29 is 4.79 Å². The molecule has 0 radical (unpaired) electrons. The molecule has 1 aromatic heterocycles. The van der Waals surface area contributed by atoms with Gasteiger partial charge in [-0.15, -0.1) is 0 Å². The Morgan fingerprint density at radius 3 is 2.33 bits per heavy atom. The number of para-hydroxylation sites is 1. The summed E-state index contributed by atoms with van der Waals surface area (Å²) in [7, 11) is 0. The summed E-state index contributed by atoms with van der Waals surface area (Å²) in [4.78, 5) is 27.3. The third-order valence-corrected chi connectivity index (χ3v) is 4.66. The third-order valence-electron chi connectivity index (χ3n) is 4.66. The van der Waals surface area contributed by atoms with Crippen molar-refractivity contribution in [3.05, 3.63) is 42.6 Å². The lowest BCUT2D eigenvalue weighted by Gasteiger charge is -2.36. The largest absolute Gasteiger partial charge is 0.368 e. The van der Waals surface area contributed by atoms with E-state index in [0.29, 0.717) is 6.42 Å². The fraction of sp³-hybridized carbons (Fsp3) is 0.389. The quantitative estimate of drug-likeness (QED) is 0.864. The van der Waals surface area contributed by atoms with E-state index in [2.05, 4.69) is 44.0 Å². The lowest BCUT2D eigenvalue weighted by molar-refractivity contribution is -0.117. The molecule has 6 heteroatoms. The zero-order chi connectivity index (χ0) is 16.4. The van der Waals surface area contributed by atoms with Crippen molar-refractivity contribution in [2.75, 3.05) is 47.4 Å². The second kappa shape index (κ2) is 6.47. The van der Waals surface area contributed by atoms with E-state index in [0.717, 1.165) is 50.9 Å². The topological polar surface area (TPSA) is 52.6 Å². The van der Waals surface area contributed by atoms with Crippen LogP contribution in [0, 0.1) is 0 Å². The zero-order valence-corrected chi connectivity index (χ0v) is 13.6. The van der Waals surface area contributed by atoms with Gasteiger partial charge in [0.15, 0.2) is 0 Å². The highest BCUT2D eigenvalue weighted by Crippen LogP contribution is 2.22. The molecule has 2 fully saturated rings. The summed E-state index contributed by atoms with van der Waals surface area (Å²) in [6.07, 6.45) is 3.29. The van der Waals surface area contributed by atoms with Gasteiger partial charge in [0.2, 0.25) is 11.9 Å². The molecule has 2 aliphatic rings. The van der Waals surface area contributed by atoms with Gasteiger partial charge in [-0.05, 0) is 24.6 Å². The number of hydrogen-bond donors (Lipinski definition) is 0. The summed E-state index contributed by atoms with van der Waals surface area (Å²) in [5.74, 6) is 1.61. The minimum Gasteiger partial charge on any atom is -0.368 e. The maximum atomic E-state index is 11.9. The van der Waals surface area contributed by atoms with Gasteiger partial charge in [-0.2, -0.15) is 4.98 Å². The van der Waals surface area contributed by atoms with E-state index in [1.807, 2.05) is 12.1 Å². The number of nitrogens with zero attached hydrogens (tertiary/aromatic N) is 5. The van der Waals surface area contributed by atoms with E-state index >= 15 is 0 Å². The first-order valence-electron chi connectivity index (χ1n) is 8.49. The van der Waals surface area contributed by atoms with Gasteiger partial charge in [0.05, 0.1) is 0 Å². The molecular weight excluding hydrogens is 302 g/mol. The van der Waals surface area contributed by atoms with Crippen molar-refractivity contribution in [3.63, 3.8) is 0 Å². The minimum atomic E-state index is 0.161. The van der Waals surface area contributed by atoms with Gasteiger partial charge >= 0.3 is 0 Å². The second-order valence-electron chi connectivity index (χ2n) is 6.17. The lowest BCUT2D eigenvalue weighted by Crippen LogP contribution is -2.47. The van der Waals surface area contributed by atoms with Crippen molar-refractivity contribution in [1.29, 1.82) is 0 Å². The van der Waals surface area contributed by atoms with Gasteiger partial charge in [-0.25, -0.2) is 4.98 Å². The van der Waals surface area contributed by atoms with Gasteiger partial charge < -0.3 is 9.80 Å². The van der Waals surface area contributed by atoms with Crippen molar-refractivity contribution in [3.8, 4) is 0 Å². The highest BCUT2D eigenvalue weighted by Gasteiger charge is 2.24. The molecule has 2 aliphatic heterocycles. The molecule has 0 spiro atoms. The molecule has 1 aromatic carbocycles. The Kier molecular flexibility index (Phi) is 4.02. The van der Waals surface area contributed by atoms with E-state index in [9.17, 15) is 4.79 Å². The van der Waals surface area contributed by atoms with E-state index in [-0.39, 0.29) is 5.91 Å². The van der Waals surface area contributed by atoms with Gasteiger partial charge in [-0.3, -0.25) is 9.69 Å². The van der Waals surface area contributed by atoms with Gasteiger partial charge in [-0.1, -0.05) is 18.2 Å². The van der Waals surface area contributed by atoms with Crippen LogP contribution in [-0.2, 0) is 4.79 Å². The van der Waals surface area contributed by atoms with E-state index in [1.165, 1.54) is 5.69 Å². The van der Waals surface area contributed by atoms with Crippen molar-refractivity contribution in [2.45, 2.75) is 12.8 Å². The highest BCUT2D eigenvalue weighted by atomic mass is 16.2. The zero-order valence-electron chi connectivity index (χ0n) is 13.6. The predicted molar refractivity (Wildman–Crippen MR) is 94.5 cm³/mol. The van der Waals surface area contributed by atoms with Crippen molar-refractivity contribution in [1.82, 2.24) is 9.97 Å². The molecule has 0 saturated carbocycles. The van der Waals surface area contributed by atoms with Crippen LogP contribution in [0.25, 0.3) is 0 Å². The van der Waals surface area contributed by atoms with Gasteiger partial charge in [0.25, 0.3) is 0 Å². The summed E-state index contributed by atoms with van der Waals surface area (Å²) < 4.78 is 0. The van der Waals surface area contributed by atoms with Crippen LogP contribution in [0.2, 0.25) is 0 Å². The van der Waals surface area contributed by atoms with E-state index in [1.54, 1.807) is 11.1 Å². The Morgan fingerprint density at radius 2 is 1.62 bits per heavy atom. The number of anilines is 3. The van der Waals surface area contributed by atoms with Crippen LogP contribution in [0.1, 0.15) is 12.8 Å². The first-order valence-corrected chi connectivity index (χ1v) is 8.49. The molecule has 1 amide bonds. The van der Waals surface area contributed by atoms with Crippen LogP contribution in [-0.4, -0.2) is 48.6 Å². The number of carbonyl (C=O) groups excluding carboxylic acids is 1. The second-order valence-corrected chi connectivity index (χ2v) is 6.17. The average molecular weight is 323 g/mol. The number of hydrogen-bond acceptors (Lipinski definition) is 5. The number of benzene rings is 1. The Bertz CT molecular complexity index is 712. The van der Waals surface area contributed by atoms with Gasteiger partial charge in [0, 0.05) is 51.0 Å².